The first-order valence-electron chi connectivity index (χ1n) is 8.72. The Labute approximate surface area is 163 Å². The Kier molecular flexibility index (Phi) is 8.73. The molecule has 0 aromatic heterocycles. The third kappa shape index (κ3) is 6.44. The molecular weight excluding hydrogens is 474 g/mol. The maximum atomic E-state index is 12.0. The normalized spacial score (nSPS) is 24.0. The van der Waals surface area contributed by atoms with Crippen LogP contribution < -0.4 is 0 Å². The zero-order chi connectivity index (χ0) is 19.1. The molecule has 2 aliphatic heterocycles. The predicted molar refractivity (Wildman–Crippen MR) is 95.2 cm³/mol. The number of rotatable bonds is 11. The van der Waals surface area contributed by atoms with Gasteiger partial charge in [0.1, 0.15) is 0 Å². The average molecular weight is 498 g/mol. The summed E-state index contributed by atoms with van der Waals surface area (Å²) >= 11 is -0.723. The van der Waals surface area contributed by atoms with Crippen molar-refractivity contribution in [3.63, 3.8) is 0 Å². The molecule has 2 saturated heterocycles. The Morgan fingerprint density at radius 2 is 1.15 bits per heavy atom. The molecule has 0 saturated carbocycles. The van der Waals surface area contributed by atoms with Gasteiger partial charge in [0.25, 0.3) is 0 Å². The first-order valence-corrected chi connectivity index (χ1v) is 14.8. The van der Waals surface area contributed by atoms with Gasteiger partial charge in [-0.2, -0.15) is 0 Å². The molecule has 0 aliphatic carbocycles. The Bertz CT molecular complexity index is 511. The van der Waals surface area contributed by atoms with Gasteiger partial charge in [-0.3, -0.25) is 0 Å². The number of carboxylic acid groups (broad SMARTS) is 2. The van der Waals surface area contributed by atoms with Gasteiger partial charge in [0.2, 0.25) is 0 Å². The van der Waals surface area contributed by atoms with Crippen molar-refractivity contribution in [1.29, 1.82) is 0 Å². The minimum absolute atomic E-state index is 0.0615. The van der Waals surface area contributed by atoms with Crippen molar-refractivity contribution in [2.45, 2.75) is 50.6 Å². The van der Waals surface area contributed by atoms with Gasteiger partial charge in [-0.05, 0) is 0 Å². The number of nitrogens with zero attached hydrogens (tertiary/aromatic N) is 2. The zero-order valence-corrected chi connectivity index (χ0v) is 17.9. The van der Waals surface area contributed by atoms with Crippen LogP contribution in [-0.4, -0.2) is 106 Å². The molecule has 2 aliphatic rings. The van der Waals surface area contributed by atoms with E-state index in [4.69, 9.17) is 10.2 Å². The zero-order valence-electron chi connectivity index (χ0n) is 14.5. The molecular formula is C16H24N2O6Se2. The maximum absolute atomic E-state index is 12.0. The molecule has 0 bridgehead atoms. The minimum atomic E-state index is -0.832. The molecule has 26 heavy (non-hydrogen) atoms. The first kappa shape index (κ1) is 21.5. The van der Waals surface area contributed by atoms with Gasteiger partial charge in [-0.25, -0.2) is 0 Å². The van der Waals surface area contributed by atoms with Gasteiger partial charge >= 0.3 is 164 Å². The van der Waals surface area contributed by atoms with Crippen molar-refractivity contribution >= 4 is 47.6 Å². The summed E-state index contributed by atoms with van der Waals surface area (Å²) in [5.74, 6) is -1.66. The summed E-state index contributed by atoms with van der Waals surface area (Å²) in [6, 6.07) is -0.963. The molecule has 0 unspecified atom stereocenters. The molecule has 2 rings (SSSR count). The molecule has 0 spiro atoms. The summed E-state index contributed by atoms with van der Waals surface area (Å²) in [4.78, 5) is 49.9. The second-order valence-corrected chi connectivity index (χ2v) is 12.7. The summed E-state index contributed by atoms with van der Waals surface area (Å²) in [5.41, 5.74) is 0. The average Bonchev–Trinajstić information content (AvgIpc) is 3.24. The van der Waals surface area contributed by atoms with E-state index < -0.39 is 24.0 Å². The SMILES string of the molecule is O=C(CCN1CCC[C@H]1C(=O)O)[Se][Se]C(=O)CCN1CCC[C@H]1C(=O)O. The van der Waals surface area contributed by atoms with Crippen LogP contribution in [0.15, 0.2) is 0 Å². The molecule has 0 radical (unpaired) electrons. The van der Waals surface area contributed by atoms with Crippen molar-refractivity contribution in [3.8, 4) is 0 Å². The Morgan fingerprint density at radius 3 is 1.50 bits per heavy atom. The molecule has 0 amide bonds. The second-order valence-electron chi connectivity index (χ2n) is 6.48. The van der Waals surface area contributed by atoms with Crippen LogP contribution in [0, 0.1) is 0 Å². The van der Waals surface area contributed by atoms with E-state index >= 15 is 0 Å². The monoisotopic (exact) mass is 500 g/mol. The second kappa shape index (κ2) is 10.5. The fraction of sp³-hybridized carbons (Fsp3) is 0.750. The molecule has 8 nitrogen and oxygen atoms in total. The van der Waals surface area contributed by atoms with Crippen LogP contribution in [0.4, 0.5) is 0 Å². The van der Waals surface area contributed by atoms with Gasteiger partial charge in [0.05, 0.1) is 0 Å². The summed E-state index contributed by atoms with van der Waals surface area (Å²) in [5, 5.41) is 18.2. The standard InChI is InChI=1S/C16H24N2O6Se2/c19-13(5-9-17-7-1-3-11(17)15(21)22)25-26-14(20)6-10-18-8-2-4-12(18)16(23)24/h11-12H,1-10H2,(H,21,22)(H,23,24)/t11-,12-/m0/s1. The fourth-order valence-corrected chi connectivity index (χ4v) is 8.36. The molecule has 0 aromatic rings. The van der Waals surface area contributed by atoms with Crippen LogP contribution in [0.25, 0.3) is 0 Å². The number of carbonyl (C=O) groups excluding carboxylic acids is 2. The molecule has 0 aromatic carbocycles. The van der Waals surface area contributed by atoms with Crippen LogP contribution in [0.3, 0.4) is 0 Å². The van der Waals surface area contributed by atoms with Crippen molar-refractivity contribution in [1.82, 2.24) is 9.80 Å². The van der Waals surface area contributed by atoms with Crippen LogP contribution in [-0.2, 0) is 19.2 Å². The van der Waals surface area contributed by atoms with Crippen LogP contribution in [0.5, 0.6) is 0 Å². The van der Waals surface area contributed by atoms with E-state index in [0.29, 0.717) is 51.9 Å². The van der Waals surface area contributed by atoms with Crippen molar-refractivity contribution in [2.24, 2.45) is 0 Å². The topological polar surface area (TPSA) is 115 Å². The summed E-state index contributed by atoms with van der Waals surface area (Å²) < 4.78 is 0.123. The summed E-state index contributed by atoms with van der Waals surface area (Å²) in [7, 11) is 0. The van der Waals surface area contributed by atoms with E-state index in [1.165, 1.54) is 0 Å². The van der Waals surface area contributed by atoms with E-state index in [1.54, 1.807) is 0 Å². The van der Waals surface area contributed by atoms with E-state index in [1.807, 2.05) is 9.80 Å². The van der Waals surface area contributed by atoms with Crippen LogP contribution in [0.1, 0.15) is 38.5 Å². The van der Waals surface area contributed by atoms with Gasteiger partial charge in [0, 0.05) is 0 Å². The molecule has 2 heterocycles. The van der Waals surface area contributed by atoms with Gasteiger partial charge in [-0.1, -0.05) is 0 Å². The van der Waals surface area contributed by atoms with Crippen molar-refractivity contribution in [2.75, 3.05) is 26.2 Å². The molecule has 146 valence electrons. The van der Waals surface area contributed by atoms with Crippen LogP contribution >= 0.6 is 0 Å². The van der Waals surface area contributed by atoms with Crippen LogP contribution in [0.2, 0.25) is 0 Å². The van der Waals surface area contributed by atoms with E-state index in [0.717, 1.165) is 12.8 Å². The van der Waals surface area contributed by atoms with E-state index in [-0.39, 0.29) is 35.6 Å². The summed E-state index contributed by atoms with van der Waals surface area (Å²) in [6.45, 7) is 2.33. The third-order valence-corrected chi connectivity index (χ3v) is 11.5. The number of aliphatic carboxylic acids is 2. The Hall–Kier alpha value is -0.761. The quantitative estimate of drug-likeness (QED) is 0.358. The van der Waals surface area contributed by atoms with Gasteiger partial charge < -0.3 is 0 Å². The molecule has 2 N–H and O–H groups in total. The Balaban J connectivity index is 1.62. The number of hydrogen-bond acceptors (Lipinski definition) is 6. The number of carboxylic acids is 2. The third-order valence-electron chi connectivity index (χ3n) is 4.73. The molecule has 10 heteroatoms. The van der Waals surface area contributed by atoms with E-state index in [2.05, 4.69) is 0 Å². The Morgan fingerprint density at radius 1 is 0.769 bits per heavy atom. The van der Waals surface area contributed by atoms with Crippen molar-refractivity contribution in [3.05, 3.63) is 0 Å². The number of hydrogen-bond donors (Lipinski definition) is 2. The van der Waals surface area contributed by atoms with Gasteiger partial charge in [0.15, 0.2) is 0 Å². The predicted octanol–water partition coefficient (Wildman–Crippen LogP) is -0.759. The first-order chi connectivity index (χ1) is 12.4. The fourth-order valence-electron chi connectivity index (χ4n) is 3.39. The van der Waals surface area contributed by atoms with Crippen molar-refractivity contribution < 1.29 is 29.4 Å². The van der Waals surface area contributed by atoms with E-state index in [9.17, 15) is 19.2 Å². The number of carbonyl (C=O) groups is 4. The summed E-state index contributed by atoms with van der Waals surface area (Å²) in [6.07, 6.45) is 3.56. The number of likely N-dealkylation sites (tertiary alicyclic amines) is 2. The molecule has 2 atom stereocenters. The molecule has 2 fully saturated rings. The van der Waals surface area contributed by atoms with Gasteiger partial charge in [-0.15, -0.1) is 0 Å².